The lowest BCUT2D eigenvalue weighted by Crippen LogP contribution is -2.54. The molecule has 2 N–H and O–H groups in total. The van der Waals surface area contributed by atoms with Crippen LogP contribution in [0.3, 0.4) is 0 Å². The molecule has 112 valence electrons. The molecule has 2 atom stereocenters. The van der Waals surface area contributed by atoms with Gasteiger partial charge in [-0.1, -0.05) is 13.3 Å². The maximum atomic E-state index is 11.6. The van der Waals surface area contributed by atoms with Gasteiger partial charge < -0.3 is 14.8 Å². The molecule has 0 unspecified atom stereocenters. The van der Waals surface area contributed by atoms with Gasteiger partial charge in [0.05, 0.1) is 18.1 Å². The van der Waals surface area contributed by atoms with Crippen molar-refractivity contribution in [2.24, 2.45) is 12.5 Å². The van der Waals surface area contributed by atoms with Gasteiger partial charge in [0.15, 0.2) is 0 Å². The van der Waals surface area contributed by atoms with Crippen LogP contribution < -0.4 is 0 Å². The average molecular weight is 281 g/mol. The minimum atomic E-state index is -0.979. The van der Waals surface area contributed by atoms with Crippen LogP contribution in [0.2, 0.25) is 0 Å². The fourth-order valence-corrected chi connectivity index (χ4v) is 3.02. The van der Waals surface area contributed by atoms with Crippen molar-refractivity contribution >= 4 is 5.97 Å². The number of likely N-dealkylation sites (tertiary alicyclic amines) is 1. The zero-order valence-corrected chi connectivity index (χ0v) is 12.1. The van der Waals surface area contributed by atoms with Crippen molar-refractivity contribution in [1.29, 1.82) is 0 Å². The second-order valence-electron chi connectivity index (χ2n) is 5.67. The minimum Gasteiger partial charge on any atom is -0.481 e. The second kappa shape index (κ2) is 5.93. The summed E-state index contributed by atoms with van der Waals surface area (Å²) in [5.41, 5.74) is -0.979. The molecule has 1 aliphatic heterocycles. The highest BCUT2D eigenvalue weighted by atomic mass is 16.4. The van der Waals surface area contributed by atoms with Crippen LogP contribution >= 0.6 is 0 Å². The maximum absolute atomic E-state index is 11.6. The highest BCUT2D eigenvalue weighted by molar-refractivity contribution is 5.75. The van der Waals surface area contributed by atoms with Crippen molar-refractivity contribution in [3.63, 3.8) is 0 Å². The van der Waals surface area contributed by atoms with E-state index in [1.54, 1.807) is 6.20 Å². The summed E-state index contributed by atoms with van der Waals surface area (Å²) in [7, 11) is 1.93. The number of carbonyl (C=O) groups is 1. The standard InChI is InChI=1S/C14H23N3O3/c1-3-4-14(13(19)20)5-7-17(9-11(14)18)10-12-15-6-8-16(12)2/h6,8,11,18H,3-5,7,9-10H2,1-2H3,(H,19,20)/t11-,14+/m1/s1. The number of nitrogens with zero attached hydrogens (tertiary/aromatic N) is 3. The van der Waals surface area contributed by atoms with E-state index in [1.165, 1.54) is 0 Å². The molecule has 0 spiro atoms. The summed E-state index contributed by atoms with van der Waals surface area (Å²) in [5, 5.41) is 19.8. The lowest BCUT2D eigenvalue weighted by molar-refractivity contribution is -0.164. The van der Waals surface area contributed by atoms with Gasteiger partial charge in [0.1, 0.15) is 5.82 Å². The SMILES string of the molecule is CCC[C@]1(C(=O)O)CCN(Cc2nccn2C)C[C@H]1O. The molecule has 1 fully saturated rings. The van der Waals surface area contributed by atoms with E-state index in [1.807, 2.05) is 24.7 Å². The molecular weight excluding hydrogens is 258 g/mol. The molecule has 0 aliphatic carbocycles. The van der Waals surface area contributed by atoms with Crippen molar-refractivity contribution < 1.29 is 15.0 Å². The number of aromatic nitrogens is 2. The van der Waals surface area contributed by atoms with Crippen molar-refractivity contribution in [2.75, 3.05) is 13.1 Å². The van der Waals surface area contributed by atoms with Gasteiger partial charge in [0.2, 0.25) is 0 Å². The Balaban J connectivity index is 2.04. The number of β-amino-alcohol motifs (C(OH)–C–C–N with tert-alkyl or cyclic N) is 1. The zero-order valence-electron chi connectivity index (χ0n) is 12.1. The monoisotopic (exact) mass is 281 g/mol. The largest absolute Gasteiger partial charge is 0.481 e. The summed E-state index contributed by atoms with van der Waals surface area (Å²) >= 11 is 0. The Morgan fingerprint density at radius 1 is 1.60 bits per heavy atom. The lowest BCUT2D eigenvalue weighted by Gasteiger charge is -2.42. The van der Waals surface area contributed by atoms with Crippen molar-refractivity contribution in [2.45, 2.75) is 38.8 Å². The number of hydrogen-bond acceptors (Lipinski definition) is 4. The van der Waals surface area contributed by atoms with E-state index in [0.29, 0.717) is 32.5 Å². The molecule has 1 aromatic rings. The molecule has 0 bridgehead atoms. The normalized spacial score (nSPS) is 27.6. The summed E-state index contributed by atoms with van der Waals surface area (Å²) < 4.78 is 1.94. The van der Waals surface area contributed by atoms with Gasteiger partial charge in [0.25, 0.3) is 0 Å². The molecule has 0 amide bonds. The van der Waals surface area contributed by atoms with E-state index in [9.17, 15) is 15.0 Å². The summed E-state index contributed by atoms with van der Waals surface area (Å²) in [5.74, 6) is 0.0546. The molecule has 0 saturated carbocycles. The molecule has 0 aromatic carbocycles. The zero-order chi connectivity index (χ0) is 14.8. The Morgan fingerprint density at radius 2 is 2.35 bits per heavy atom. The molecular formula is C14H23N3O3. The first kappa shape index (κ1) is 15.0. The number of carboxylic acids is 1. The Bertz CT molecular complexity index is 474. The van der Waals surface area contributed by atoms with Crippen LogP contribution in [-0.4, -0.2) is 49.8 Å². The number of aliphatic hydroxyl groups is 1. The van der Waals surface area contributed by atoms with Crippen LogP contribution in [0.25, 0.3) is 0 Å². The van der Waals surface area contributed by atoms with Crippen LogP contribution in [-0.2, 0) is 18.4 Å². The molecule has 6 heteroatoms. The summed E-state index contributed by atoms with van der Waals surface area (Å²) in [6.07, 6.45) is 4.58. The van der Waals surface area contributed by atoms with Crippen LogP contribution in [0.4, 0.5) is 0 Å². The third-order valence-corrected chi connectivity index (χ3v) is 4.35. The number of piperidine rings is 1. The number of carboxylic acid groups (broad SMARTS) is 1. The topological polar surface area (TPSA) is 78.6 Å². The lowest BCUT2D eigenvalue weighted by atomic mass is 9.73. The van der Waals surface area contributed by atoms with Crippen LogP contribution in [0.5, 0.6) is 0 Å². The third kappa shape index (κ3) is 2.71. The molecule has 1 aromatic heterocycles. The first-order valence-corrected chi connectivity index (χ1v) is 7.09. The summed E-state index contributed by atoms with van der Waals surface area (Å²) in [4.78, 5) is 17.9. The summed E-state index contributed by atoms with van der Waals surface area (Å²) in [6, 6.07) is 0. The Kier molecular flexibility index (Phi) is 4.45. The fourth-order valence-electron chi connectivity index (χ4n) is 3.02. The molecule has 2 heterocycles. The van der Waals surface area contributed by atoms with Crippen molar-refractivity contribution in [3.05, 3.63) is 18.2 Å². The molecule has 1 aliphatic rings. The Labute approximate surface area is 119 Å². The molecule has 2 rings (SSSR count). The predicted molar refractivity (Wildman–Crippen MR) is 74.1 cm³/mol. The number of aliphatic hydroxyl groups excluding tert-OH is 1. The number of aliphatic carboxylic acids is 1. The average Bonchev–Trinajstić information content (AvgIpc) is 2.78. The quantitative estimate of drug-likeness (QED) is 0.837. The van der Waals surface area contributed by atoms with E-state index in [-0.39, 0.29) is 0 Å². The molecule has 1 saturated heterocycles. The number of imidazole rings is 1. The Morgan fingerprint density at radius 3 is 2.85 bits per heavy atom. The van der Waals surface area contributed by atoms with Crippen LogP contribution in [0.15, 0.2) is 12.4 Å². The van der Waals surface area contributed by atoms with Gasteiger partial charge >= 0.3 is 5.97 Å². The van der Waals surface area contributed by atoms with E-state index in [2.05, 4.69) is 9.88 Å². The summed E-state index contributed by atoms with van der Waals surface area (Å²) in [6.45, 7) is 3.66. The number of rotatable bonds is 5. The van der Waals surface area contributed by atoms with E-state index in [0.717, 1.165) is 12.2 Å². The van der Waals surface area contributed by atoms with Crippen LogP contribution in [0.1, 0.15) is 32.0 Å². The maximum Gasteiger partial charge on any atom is 0.312 e. The Hall–Kier alpha value is -1.40. The molecule has 0 radical (unpaired) electrons. The van der Waals surface area contributed by atoms with E-state index in [4.69, 9.17) is 0 Å². The van der Waals surface area contributed by atoms with Gasteiger partial charge in [-0.25, -0.2) is 4.98 Å². The minimum absolute atomic E-state index is 0.388. The van der Waals surface area contributed by atoms with Crippen molar-refractivity contribution in [1.82, 2.24) is 14.5 Å². The highest BCUT2D eigenvalue weighted by Crippen LogP contribution is 2.37. The van der Waals surface area contributed by atoms with Gasteiger partial charge in [-0.05, 0) is 19.4 Å². The van der Waals surface area contributed by atoms with Gasteiger partial charge in [0, 0.05) is 26.0 Å². The van der Waals surface area contributed by atoms with Gasteiger partial charge in [-0.3, -0.25) is 9.69 Å². The van der Waals surface area contributed by atoms with Crippen molar-refractivity contribution in [3.8, 4) is 0 Å². The first-order chi connectivity index (χ1) is 9.49. The van der Waals surface area contributed by atoms with Crippen LogP contribution in [0, 0.1) is 5.41 Å². The second-order valence-corrected chi connectivity index (χ2v) is 5.67. The van der Waals surface area contributed by atoms with E-state index >= 15 is 0 Å². The predicted octanol–water partition coefficient (Wildman–Crippen LogP) is 0.858. The smallest absolute Gasteiger partial charge is 0.312 e. The molecule has 20 heavy (non-hydrogen) atoms. The molecule has 6 nitrogen and oxygen atoms in total. The first-order valence-electron chi connectivity index (χ1n) is 7.09. The van der Waals surface area contributed by atoms with Gasteiger partial charge in [-0.2, -0.15) is 0 Å². The fraction of sp³-hybridized carbons (Fsp3) is 0.714. The van der Waals surface area contributed by atoms with Gasteiger partial charge in [-0.15, -0.1) is 0 Å². The van der Waals surface area contributed by atoms with E-state index < -0.39 is 17.5 Å². The number of hydrogen-bond donors (Lipinski definition) is 2. The third-order valence-electron chi connectivity index (χ3n) is 4.35. The number of aryl methyl sites for hydroxylation is 1. The highest BCUT2D eigenvalue weighted by Gasteiger charge is 2.47.